The number of nitrogens with zero attached hydrogens (tertiary/aromatic N) is 4. The third kappa shape index (κ3) is 4.33. The van der Waals surface area contributed by atoms with Crippen molar-refractivity contribution in [3.8, 4) is 0 Å². The molecular formula is C30H34N4O5. The van der Waals surface area contributed by atoms with Crippen LogP contribution in [0.1, 0.15) is 68.4 Å². The highest BCUT2D eigenvalue weighted by Crippen LogP contribution is 2.41. The van der Waals surface area contributed by atoms with Crippen molar-refractivity contribution >= 4 is 40.4 Å². The first-order chi connectivity index (χ1) is 18.9. The molecule has 1 aromatic heterocycles. The zero-order valence-electron chi connectivity index (χ0n) is 22.4. The molecule has 39 heavy (non-hydrogen) atoms. The van der Waals surface area contributed by atoms with Gasteiger partial charge in [0.1, 0.15) is 5.82 Å². The molecule has 0 unspecified atom stereocenters. The van der Waals surface area contributed by atoms with Gasteiger partial charge >= 0.3 is 12.1 Å². The first-order valence-corrected chi connectivity index (χ1v) is 13.9. The Balaban J connectivity index is 1.50. The third-order valence-corrected chi connectivity index (χ3v) is 8.75. The fourth-order valence-corrected chi connectivity index (χ4v) is 6.78. The summed E-state index contributed by atoms with van der Waals surface area (Å²) in [5, 5.41) is 9.80. The number of carbonyl (C=O) groups excluding carboxylic acids is 2. The molecule has 9 heteroatoms. The van der Waals surface area contributed by atoms with E-state index < -0.39 is 18.0 Å². The average Bonchev–Trinajstić information content (AvgIpc) is 3.32. The van der Waals surface area contributed by atoms with Crippen molar-refractivity contribution in [2.24, 2.45) is 5.92 Å². The number of fused-ring (bicyclic) bond motifs is 4. The Hall–Kier alpha value is -3.88. The molecule has 1 aliphatic carbocycles. The number of anilines is 2. The predicted octanol–water partition coefficient (Wildman–Crippen LogP) is 5.24. The normalized spacial score (nSPS) is 22.9. The molecule has 1 saturated carbocycles. The molecule has 204 valence electrons. The standard InChI is InChI=1S/C30H34N4O5/c1-18-10-12-22-24(33(18)30(38)39-2)13-14-25-28(22)31-26(34(25)21-8-5-7-20(16-21)29(36)37)17-32-23-9-4-3-6-19(23)11-15-27(32)35/h3-4,6,9,13-14,18,20-21H,5,7-8,10-12,15-17H2,1-2H3,(H,36,37)/t18-,20+,21+/m0/s1. The second kappa shape index (κ2) is 10.0. The van der Waals surface area contributed by atoms with Gasteiger partial charge in [-0.05, 0) is 69.2 Å². The molecule has 6 rings (SSSR count). The number of para-hydroxylation sites is 1. The maximum Gasteiger partial charge on any atom is 0.414 e. The quantitative estimate of drug-likeness (QED) is 0.495. The Morgan fingerprint density at radius 3 is 2.67 bits per heavy atom. The number of rotatable bonds is 4. The summed E-state index contributed by atoms with van der Waals surface area (Å²) in [4.78, 5) is 46.5. The SMILES string of the molecule is COC(=O)N1c2ccc3c(nc(CN4C(=O)CCc5ccccc54)n3[C@@H]3CCC[C@@H](C(=O)O)C3)c2CC[C@@H]1C. The van der Waals surface area contributed by atoms with Gasteiger partial charge in [0, 0.05) is 29.8 Å². The van der Waals surface area contributed by atoms with E-state index in [4.69, 9.17) is 9.72 Å². The lowest BCUT2D eigenvalue weighted by Crippen LogP contribution is -2.42. The number of ether oxygens (including phenoxy) is 1. The van der Waals surface area contributed by atoms with Crippen LogP contribution in [-0.4, -0.2) is 45.8 Å². The highest BCUT2D eigenvalue weighted by Gasteiger charge is 2.35. The number of methoxy groups -OCH3 is 1. The van der Waals surface area contributed by atoms with E-state index in [1.807, 2.05) is 42.2 Å². The van der Waals surface area contributed by atoms with Crippen molar-refractivity contribution in [2.75, 3.05) is 16.9 Å². The van der Waals surface area contributed by atoms with E-state index in [0.717, 1.165) is 71.5 Å². The van der Waals surface area contributed by atoms with Crippen LogP contribution in [0.15, 0.2) is 36.4 Å². The number of amides is 2. The van der Waals surface area contributed by atoms with Gasteiger partial charge in [-0.1, -0.05) is 24.6 Å². The molecule has 3 aromatic rings. The van der Waals surface area contributed by atoms with E-state index in [2.05, 4.69) is 10.6 Å². The minimum absolute atomic E-state index is 0.00102. The van der Waals surface area contributed by atoms with Crippen molar-refractivity contribution in [1.29, 1.82) is 0 Å². The van der Waals surface area contributed by atoms with E-state index in [9.17, 15) is 19.5 Å². The topological polar surface area (TPSA) is 105 Å². The first-order valence-electron chi connectivity index (χ1n) is 13.9. The second-order valence-electron chi connectivity index (χ2n) is 11.0. The molecule has 0 saturated heterocycles. The molecule has 3 heterocycles. The van der Waals surface area contributed by atoms with Gasteiger partial charge in [-0.25, -0.2) is 9.78 Å². The Morgan fingerprint density at radius 1 is 1.05 bits per heavy atom. The Bertz CT molecular complexity index is 1460. The van der Waals surface area contributed by atoms with Crippen LogP contribution in [0, 0.1) is 5.92 Å². The molecule has 0 spiro atoms. The fourth-order valence-electron chi connectivity index (χ4n) is 6.78. The molecule has 9 nitrogen and oxygen atoms in total. The largest absolute Gasteiger partial charge is 0.481 e. The summed E-state index contributed by atoms with van der Waals surface area (Å²) in [6, 6.07) is 11.9. The van der Waals surface area contributed by atoms with Crippen molar-refractivity contribution in [3.63, 3.8) is 0 Å². The van der Waals surface area contributed by atoms with Crippen molar-refractivity contribution in [2.45, 2.75) is 76.9 Å². The van der Waals surface area contributed by atoms with Gasteiger partial charge in [0.25, 0.3) is 0 Å². The summed E-state index contributed by atoms with van der Waals surface area (Å²) < 4.78 is 7.28. The van der Waals surface area contributed by atoms with Gasteiger partial charge in [0.2, 0.25) is 5.91 Å². The highest BCUT2D eigenvalue weighted by molar-refractivity contribution is 5.97. The van der Waals surface area contributed by atoms with Crippen molar-refractivity contribution < 1.29 is 24.2 Å². The summed E-state index contributed by atoms with van der Waals surface area (Å²) in [6.45, 7) is 2.33. The number of imidazole rings is 1. The lowest BCUT2D eigenvalue weighted by Gasteiger charge is -2.34. The van der Waals surface area contributed by atoms with Crippen LogP contribution < -0.4 is 9.80 Å². The number of benzene rings is 2. The number of aromatic nitrogens is 2. The molecule has 2 aromatic carbocycles. The Kier molecular flexibility index (Phi) is 6.53. The third-order valence-electron chi connectivity index (χ3n) is 8.75. The van der Waals surface area contributed by atoms with Crippen molar-refractivity contribution in [3.05, 3.63) is 53.3 Å². The number of hydrogen-bond donors (Lipinski definition) is 1. The van der Waals surface area contributed by atoms with Crippen LogP contribution in [0.3, 0.4) is 0 Å². The molecule has 0 bridgehead atoms. The number of aliphatic carboxylic acids is 1. The molecule has 3 aliphatic rings. The minimum atomic E-state index is -0.758. The number of aryl methyl sites for hydroxylation is 2. The van der Waals surface area contributed by atoms with Crippen LogP contribution >= 0.6 is 0 Å². The Morgan fingerprint density at radius 2 is 1.87 bits per heavy atom. The maximum absolute atomic E-state index is 13.2. The second-order valence-corrected chi connectivity index (χ2v) is 11.0. The van der Waals surface area contributed by atoms with Gasteiger partial charge < -0.3 is 19.3 Å². The molecular weight excluding hydrogens is 496 g/mol. The fraction of sp³-hybridized carbons (Fsp3) is 0.467. The van der Waals surface area contributed by atoms with Crippen LogP contribution in [0.5, 0.6) is 0 Å². The number of carboxylic acids is 1. The summed E-state index contributed by atoms with van der Waals surface area (Å²) in [7, 11) is 1.39. The maximum atomic E-state index is 13.2. The number of hydrogen-bond acceptors (Lipinski definition) is 5. The summed E-state index contributed by atoms with van der Waals surface area (Å²) in [5.74, 6) is -0.347. The predicted molar refractivity (Wildman–Crippen MR) is 147 cm³/mol. The van der Waals surface area contributed by atoms with Crippen LogP contribution in [-0.2, 0) is 33.7 Å². The molecule has 3 atom stereocenters. The molecule has 2 aliphatic heterocycles. The Labute approximate surface area is 227 Å². The van der Waals surface area contributed by atoms with Gasteiger partial charge in [-0.2, -0.15) is 0 Å². The smallest absolute Gasteiger partial charge is 0.414 e. The lowest BCUT2D eigenvalue weighted by molar-refractivity contribution is -0.143. The van der Waals surface area contributed by atoms with E-state index in [-0.39, 0.29) is 18.0 Å². The van der Waals surface area contributed by atoms with E-state index in [1.165, 1.54) is 7.11 Å². The van der Waals surface area contributed by atoms with Crippen LogP contribution in [0.25, 0.3) is 11.0 Å². The molecule has 2 amide bonds. The van der Waals surface area contributed by atoms with E-state index in [0.29, 0.717) is 25.8 Å². The summed E-state index contributed by atoms with van der Waals surface area (Å²) >= 11 is 0. The van der Waals surface area contributed by atoms with E-state index >= 15 is 0 Å². The molecule has 1 N–H and O–H groups in total. The number of carbonyl (C=O) groups is 3. The van der Waals surface area contributed by atoms with Gasteiger partial charge in [-0.3, -0.25) is 14.5 Å². The summed E-state index contributed by atoms with van der Waals surface area (Å²) in [6.07, 6.45) is 5.21. The van der Waals surface area contributed by atoms with Crippen LogP contribution in [0.4, 0.5) is 16.2 Å². The summed E-state index contributed by atoms with van der Waals surface area (Å²) in [5.41, 5.74) is 5.59. The minimum Gasteiger partial charge on any atom is -0.481 e. The van der Waals surface area contributed by atoms with Crippen molar-refractivity contribution in [1.82, 2.24) is 9.55 Å². The monoisotopic (exact) mass is 530 g/mol. The van der Waals surface area contributed by atoms with E-state index in [1.54, 1.807) is 4.90 Å². The van der Waals surface area contributed by atoms with Gasteiger partial charge in [0.05, 0.1) is 36.3 Å². The lowest BCUT2D eigenvalue weighted by atomic mass is 9.85. The van der Waals surface area contributed by atoms with Gasteiger partial charge in [-0.15, -0.1) is 0 Å². The average molecular weight is 531 g/mol. The zero-order chi connectivity index (χ0) is 27.3. The zero-order valence-corrected chi connectivity index (χ0v) is 22.4. The van der Waals surface area contributed by atoms with Crippen LogP contribution in [0.2, 0.25) is 0 Å². The molecule has 1 fully saturated rings. The highest BCUT2D eigenvalue weighted by atomic mass is 16.5. The number of carboxylic acid groups (broad SMARTS) is 1. The van der Waals surface area contributed by atoms with Gasteiger partial charge in [0.15, 0.2) is 0 Å². The molecule has 0 radical (unpaired) electrons. The first kappa shape index (κ1) is 25.4.